The van der Waals surface area contributed by atoms with Crippen molar-refractivity contribution in [3.05, 3.63) is 11.9 Å². The van der Waals surface area contributed by atoms with E-state index < -0.39 is 0 Å². The Bertz CT molecular complexity index is 379. The van der Waals surface area contributed by atoms with Crippen molar-refractivity contribution in [3.8, 4) is 0 Å². The summed E-state index contributed by atoms with van der Waals surface area (Å²) in [5.74, 6) is 2.26. The highest BCUT2D eigenvalue weighted by Crippen LogP contribution is 2.28. The van der Waals surface area contributed by atoms with Gasteiger partial charge < -0.3 is 15.8 Å². The number of nitrogen functional groups attached to an aromatic ring is 1. The zero-order valence-electron chi connectivity index (χ0n) is 11.0. The summed E-state index contributed by atoms with van der Waals surface area (Å²) in [6.45, 7) is 4.65. The molecule has 2 rings (SSSR count). The Balaban J connectivity index is 1.67. The Morgan fingerprint density at radius 3 is 3.00 bits per heavy atom. The fourth-order valence-corrected chi connectivity index (χ4v) is 1.84. The average molecular weight is 250 g/mol. The number of nitrogens with one attached hydrogen (secondary N) is 1. The van der Waals surface area contributed by atoms with Crippen LogP contribution in [0.25, 0.3) is 0 Å². The topological polar surface area (TPSA) is 73.1 Å². The highest BCUT2D eigenvalue weighted by atomic mass is 16.5. The second kappa shape index (κ2) is 6.54. The van der Waals surface area contributed by atoms with Crippen molar-refractivity contribution < 1.29 is 4.74 Å². The lowest BCUT2D eigenvalue weighted by atomic mass is 10.2. The molecule has 5 heteroatoms. The molecule has 1 saturated carbocycles. The molecule has 1 aliphatic rings. The van der Waals surface area contributed by atoms with E-state index >= 15 is 0 Å². The quantitative estimate of drug-likeness (QED) is 0.689. The molecule has 0 spiro atoms. The maximum Gasteiger partial charge on any atom is 0.134 e. The van der Waals surface area contributed by atoms with Crippen molar-refractivity contribution in [2.75, 3.05) is 30.8 Å². The van der Waals surface area contributed by atoms with Gasteiger partial charge in [-0.2, -0.15) is 0 Å². The molecule has 0 bridgehead atoms. The van der Waals surface area contributed by atoms with Crippen molar-refractivity contribution in [1.29, 1.82) is 0 Å². The minimum Gasteiger partial charge on any atom is -0.383 e. The maximum atomic E-state index is 5.81. The van der Waals surface area contributed by atoms with Crippen LogP contribution in [0, 0.1) is 5.92 Å². The number of anilines is 2. The zero-order chi connectivity index (χ0) is 12.8. The van der Waals surface area contributed by atoms with Crippen LogP contribution in [0.5, 0.6) is 0 Å². The molecule has 1 aromatic heterocycles. The summed E-state index contributed by atoms with van der Waals surface area (Å²) in [5.41, 5.74) is 6.80. The van der Waals surface area contributed by atoms with Crippen molar-refractivity contribution in [2.24, 2.45) is 5.92 Å². The first-order valence-corrected chi connectivity index (χ1v) is 6.72. The van der Waals surface area contributed by atoms with Crippen LogP contribution >= 0.6 is 0 Å². The van der Waals surface area contributed by atoms with Gasteiger partial charge in [0.1, 0.15) is 18.0 Å². The summed E-state index contributed by atoms with van der Waals surface area (Å²) in [5, 5.41) is 3.30. The van der Waals surface area contributed by atoms with Gasteiger partial charge in [0.05, 0.1) is 0 Å². The van der Waals surface area contributed by atoms with E-state index in [4.69, 9.17) is 10.5 Å². The van der Waals surface area contributed by atoms with E-state index in [0.29, 0.717) is 5.82 Å². The third-order valence-electron chi connectivity index (χ3n) is 3.14. The van der Waals surface area contributed by atoms with Gasteiger partial charge in [-0.3, -0.25) is 0 Å². The Kier molecular flexibility index (Phi) is 4.75. The predicted molar refractivity (Wildman–Crippen MR) is 72.5 cm³/mol. The van der Waals surface area contributed by atoms with Crippen molar-refractivity contribution >= 4 is 11.6 Å². The molecular formula is C13H22N4O. The standard InChI is InChI=1S/C13H22N4O/c1-2-11-12(14)16-9-17-13(11)15-6-3-7-18-8-10-4-5-10/h9-10H,2-8H2,1H3,(H3,14,15,16,17). The number of hydrogen-bond donors (Lipinski definition) is 2. The van der Waals surface area contributed by atoms with Crippen molar-refractivity contribution in [3.63, 3.8) is 0 Å². The van der Waals surface area contributed by atoms with E-state index in [1.807, 2.05) is 0 Å². The first-order valence-electron chi connectivity index (χ1n) is 6.72. The van der Waals surface area contributed by atoms with Crippen LogP contribution in [0.3, 0.4) is 0 Å². The first kappa shape index (κ1) is 13.1. The smallest absolute Gasteiger partial charge is 0.134 e. The van der Waals surface area contributed by atoms with Gasteiger partial charge in [0.25, 0.3) is 0 Å². The Morgan fingerprint density at radius 1 is 1.44 bits per heavy atom. The summed E-state index contributed by atoms with van der Waals surface area (Å²) in [4.78, 5) is 8.22. The van der Waals surface area contributed by atoms with Crippen molar-refractivity contribution in [2.45, 2.75) is 32.6 Å². The molecule has 5 nitrogen and oxygen atoms in total. The first-order chi connectivity index (χ1) is 8.81. The highest BCUT2D eigenvalue weighted by Gasteiger charge is 2.20. The molecule has 1 aliphatic carbocycles. The third kappa shape index (κ3) is 3.84. The van der Waals surface area contributed by atoms with Crippen LogP contribution < -0.4 is 11.1 Å². The zero-order valence-corrected chi connectivity index (χ0v) is 11.0. The van der Waals surface area contributed by atoms with Crippen LogP contribution in [0.4, 0.5) is 11.6 Å². The van der Waals surface area contributed by atoms with Gasteiger partial charge in [0, 0.05) is 25.3 Å². The molecule has 1 heterocycles. The van der Waals surface area contributed by atoms with Gasteiger partial charge in [0.15, 0.2) is 0 Å². The lowest BCUT2D eigenvalue weighted by Crippen LogP contribution is -2.11. The second-order valence-electron chi connectivity index (χ2n) is 4.74. The summed E-state index contributed by atoms with van der Waals surface area (Å²) in [6.07, 6.45) is 6.02. The summed E-state index contributed by atoms with van der Waals surface area (Å²) in [7, 11) is 0. The van der Waals surface area contributed by atoms with E-state index in [2.05, 4.69) is 22.2 Å². The van der Waals surface area contributed by atoms with Gasteiger partial charge in [-0.15, -0.1) is 0 Å². The van der Waals surface area contributed by atoms with E-state index in [-0.39, 0.29) is 0 Å². The highest BCUT2D eigenvalue weighted by molar-refractivity contribution is 5.54. The molecule has 0 radical (unpaired) electrons. The Labute approximate surface area is 108 Å². The molecule has 3 N–H and O–H groups in total. The Morgan fingerprint density at radius 2 is 2.28 bits per heavy atom. The van der Waals surface area contributed by atoms with E-state index in [9.17, 15) is 0 Å². The summed E-state index contributed by atoms with van der Waals surface area (Å²) < 4.78 is 5.58. The minimum atomic E-state index is 0.569. The molecule has 0 saturated heterocycles. The fraction of sp³-hybridized carbons (Fsp3) is 0.692. The largest absolute Gasteiger partial charge is 0.383 e. The van der Waals surface area contributed by atoms with Gasteiger partial charge in [-0.05, 0) is 31.6 Å². The molecule has 18 heavy (non-hydrogen) atoms. The number of nitrogens with two attached hydrogens (primary N) is 1. The normalized spacial score (nSPS) is 14.7. The monoisotopic (exact) mass is 250 g/mol. The van der Waals surface area contributed by atoms with Gasteiger partial charge >= 0.3 is 0 Å². The predicted octanol–water partition coefficient (Wildman–Crippen LogP) is 1.85. The second-order valence-corrected chi connectivity index (χ2v) is 4.74. The molecule has 0 unspecified atom stereocenters. The van der Waals surface area contributed by atoms with Crippen LogP contribution in [0.2, 0.25) is 0 Å². The van der Waals surface area contributed by atoms with E-state index in [0.717, 1.165) is 49.9 Å². The molecule has 100 valence electrons. The molecule has 0 atom stereocenters. The lowest BCUT2D eigenvalue weighted by molar-refractivity contribution is 0.124. The number of rotatable bonds is 8. The van der Waals surface area contributed by atoms with Crippen molar-refractivity contribution in [1.82, 2.24) is 9.97 Å². The third-order valence-corrected chi connectivity index (χ3v) is 3.14. The van der Waals surface area contributed by atoms with E-state index in [1.54, 1.807) is 0 Å². The molecular weight excluding hydrogens is 228 g/mol. The molecule has 1 fully saturated rings. The van der Waals surface area contributed by atoms with Crippen LogP contribution in [0.15, 0.2) is 6.33 Å². The summed E-state index contributed by atoms with van der Waals surface area (Å²) >= 11 is 0. The summed E-state index contributed by atoms with van der Waals surface area (Å²) in [6, 6.07) is 0. The molecule has 0 aromatic carbocycles. The molecule has 0 amide bonds. The number of aromatic nitrogens is 2. The number of hydrogen-bond acceptors (Lipinski definition) is 5. The number of ether oxygens (including phenoxy) is 1. The lowest BCUT2D eigenvalue weighted by Gasteiger charge is -2.11. The SMILES string of the molecule is CCc1c(N)ncnc1NCCCOCC1CC1. The Hall–Kier alpha value is -1.36. The molecule has 0 aliphatic heterocycles. The fourth-order valence-electron chi connectivity index (χ4n) is 1.84. The molecule has 1 aromatic rings. The minimum absolute atomic E-state index is 0.569. The van der Waals surface area contributed by atoms with Crippen LogP contribution in [-0.2, 0) is 11.2 Å². The van der Waals surface area contributed by atoms with Gasteiger partial charge in [-0.1, -0.05) is 6.92 Å². The number of nitrogens with zero attached hydrogens (tertiary/aromatic N) is 2. The van der Waals surface area contributed by atoms with Crippen LogP contribution in [0.1, 0.15) is 31.7 Å². The maximum absolute atomic E-state index is 5.81. The van der Waals surface area contributed by atoms with Gasteiger partial charge in [0.2, 0.25) is 0 Å². The van der Waals surface area contributed by atoms with Gasteiger partial charge in [-0.25, -0.2) is 9.97 Å². The average Bonchev–Trinajstić information content (AvgIpc) is 3.18. The van der Waals surface area contributed by atoms with E-state index in [1.165, 1.54) is 19.2 Å². The van der Waals surface area contributed by atoms with Crippen LogP contribution in [-0.4, -0.2) is 29.7 Å².